The average Bonchev–Trinajstić information content (AvgIpc) is 2.61. The van der Waals surface area contributed by atoms with E-state index < -0.39 is 0 Å². The maximum Gasteiger partial charge on any atom is 0.320 e. The van der Waals surface area contributed by atoms with E-state index in [0.717, 1.165) is 18.4 Å². The van der Waals surface area contributed by atoms with E-state index in [9.17, 15) is 4.79 Å². The first-order valence-electron chi connectivity index (χ1n) is 8.89. The first kappa shape index (κ1) is 18.7. The van der Waals surface area contributed by atoms with Crippen LogP contribution in [0, 0.1) is 0 Å². The van der Waals surface area contributed by atoms with E-state index in [4.69, 9.17) is 17.2 Å². The van der Waals surface area contributed by atoms with E-state index in [2.05, 4.69) is 20.6 Å². The molecule has 1 saturated carbocycles. The molecule has 0 bridgehead atoms. The topological polar surface area (TPSA) is 144 Å². The molecule has 1 fully saturated rings. The van der Waals surface area contributed by atoms with Gasteiger partial charge in [-0.15, -0.1) is 0 Å². The van der Waals surface area contributed by atoms with E-state index in [-0.39, 0.29) is 24.2 Å². The molecule has 8 N–H and O–H groups in total. The van der Waals surface area contributed by atoms with Gasteiger partial charge in [-0.05, 0) is 25.3 Å². The van der Waals surface area contributed by atoms with Crippen molar-refractivity contribution in [3.05, 3.63) is 53.7 Å². The Hall–Kier alpha value is -3.13. The van der Waals surface area contributed by atoms with Crippen molar-refractivity contribution in [3.63, 3.8) is 0 Å². The maximum atomic E-state index is 12.2. The predicted molar refractivity (Wildman–Crippen MR) is 107 cm³/mol. The summed E-state index contributed by atoms with van der Waals surface area (Å²) in [6.07, 6.45) is 3.17. The number of amidine groups is 1. The number of hydrogen-bond donors (Lipinski definition) is 5. The summed E-state index contributed by atoms with van der Waals surface area (Å²) >= 11 is 0. The summed E-state index contributed by atoms with van der Waals surface area (Å²) in [4.78, 5) is 20.8. The van der Waals surface area contributed by atoms with Gasteiger partial charge in [0.2, 0.25) is 0 Å². The zero-order valence-electron chi connectivity index (χ0n) is 15.2. The summed E-state index contributed by atoms with van der Waals surface area (Å²) in [5, 5.41) is 5.54. The molecule has 1 atom stereocenters. The SMILES string of the molecule is CC(NC(=O)Nc1cc(N)c(C(N)=NC2CC(N)C2)cn1)c1ccccc1. The van der Waals surface area contributed by atoms with Gasteiger partial charge in [-0.1, -0.05) is 30.3 Å². The number of nitrogen functional groups attached to an aromatic ring is 1. The van der Waals surface area contributed by atoms with Crippen molar-refractivity contribution in [2.75, 3.05) is 11.1 Å². The quantitative estimate of drug-likeness (QED) is 0.404. The van der Waals surface area contributed by atoms with Gasteiger partial charge in [-0.3, -0.25) is 10.3 Å². The van der Waals surface area contributed by atoms with E-state index in [1.54, 1.807) is 6.07 Å². The number of aromatic nitrogens is 1. The van der Waals surface area contributed by atoms with Gasteiger partial charge in [0.25, 0.3) is 0 Å². The number of nitrogens with one attached hydrogen (secondary N) is 2. The number of nitrogens with two attached hydrogens (primary N) is 3. The van der Waals surface area contributed by atoms with Gasteiger partial charge in [0.1, 0.15) is 11.7 Å². The van der Waals surface area contributed by atoms with Crippen molar-refractivity contribution in [2.24, 2.45) is 16.5 Å². The Labute approximate surface area is 158 Å². The molecule has 0 saturated heterocycles. The van der Waals surface area contributed by atoms with Gasteiger partial charge in [-0.25, -0.2) is 9.78 Å². The molecule has 0 radical (unpaired) electrons. The molecule has 2 aromatic rings. The number of nitrogens with zero attached hydrogens (tertiary/aromatic N) is 2. The lowest BCUT2D eigenvalue weighted by molar-refractivity contribution is 0.249. The smallest absolute Gasteiger partial charge is 0.320 e. The lowest BCUT2D eigenvalue weighted by Gasteiger charge is -2.29. The minimum Gasteiger partial charge on any atom is -0.398 e. The number of hydrogen-bond acceptors (Lipinski definition) is 5. The van der Waals surface area contributed by atoms with Crippen molar-refractivity contribution in [1.29, 1.82) is 0 Å². The molecule has 1 aromatic heterocycles. The van der Waals surface area contributed by atoms with Gasteiger partial charge < -0.3 is 22.5 Å². The molecule has 27 heavy (non-hydrogen) atoms. The Balaban J connectivity index is 1.61. The highest BCUT2D eigenvalue weighted by atomic mass is 16.2. The third-order valence-corrected chi connectivity index (χ3v) is 4.57. The number of carbonyl (C=O) groups excluding carboxylic acids is 1. The minimum atomic E-state index is -0.365. The van der Waals surface area contributed by atoms with E-state index in [1.165, 1.54) is 6.20 Å². The Morgan fingerprint density at radius 2 is 2.00 bits per heavy atom. The molecule has 142 valence electrons. The van der Waals surface area contributed by atoms with Crippen LogP contribution < -0.4 is 27.8 Å². The zero-order valence-corrected chi connectivity index (χ0v) is 15.2. The number of pyridine rings is 1. The van der Waals surface area contributed by atoms with Crippen LogP contribution in [0.3, 0.4) is 0 Å². The Morgan fingerprint density at radius 3 is 2.63 bits per heavy atom. The second-order valence-corrected chi connectivity index (χ2v) is 6.79. The molecule has 1 unspecified atom stereocenters. The fourth-order valence-electron chi connectivity index (χ4n) is 2.93. The summed E-state index contributed by atoms with van der Waals surface area (Å²) in [5.41, 5.74) is 19.8. The molecule has 1 aliphatic rings. The lowest BCUT2D eigenvalue weighted by atomic mass is 9.88. The first-order chi connectivity index (χ1) is 12.9. The lowest BCUT2D eigenvalue weighted by Crippen LogP contribution is -2.40. The minimum absolute atomic E-state index is 0.139. The number of urea groups is 1. The summed E-state index contributed by atoms with van der Waals surface area (Å²) in [6.45, 7) is 1.91. The van der Waals surface area contributed by atoms with Crippen LogP contribution in [0.15, 0.2) is 47.6 Å². The van der Waals surface area contributed by atoms with Gasteiger partial charge in [0, 0.05) is 24.0 Å². The molecule has 0 aliphatic heterocycles. The van der Waals surface area contributed by atoms with Crippen molar-refractivity contribution in [3.8, 4) is 0 Å². The van der Waals surface area contributed by atoms with Gasteiger partial charge in [0.15, 0.2) is 0 Å². The molecule has 2 amide bonds. The maximum absolute atomic E-state index is 12.2. The summed E-state index contributed by atoms with van der Waals surface area (Å²) in [5.74, 6) is 0.679. The Morgan fingerprint density at radius 1 is 1.30 bits per heavy atom. The average molecular weight is 367 g/mol. The van der Waals surface area contributed by atoms with E-state index in [1.807, 2.05) is 37.3 Å². The summed E-state index contributed by atoms with van der Waals surface area (Å²) < 4.78 is 0. The summed E-state index contributed by atoms with van der Waals surface area (Å²) in [7, 11) is 0. The third kappa shape index (κ3) is 4.73. The highest BCUT2D eigenvalue weighted by Gasteiger charge is 2.25. The van der Waals surface area contributed by atoms with Crippen LogP contribution >= 0.6 is 0 Å². The summed E-state index contributed by atoms with van der Waals surface area (Å²) in [6, 6.07) is 11.1. The standard InChI is InChI=1S/C19H25N7O/c1-11(12-5-3-2-4-6-12)24-19(27)26-17-9-16(21)15(10-23-17)18(22)25-14-7-13(20)8-14/h2-6,9-11,13-14H,7-8,20H2,1H3,(H2,22,25)(H4,21,23,24,26,27). The van der Waals surface area contributed by atoms with Crippen LogP contribution in [0.4, 0.5) is 16.3 Å². The van der Waals surface area contributed by atoms with Gasteiger partial charge in [0.05, 0.1) is 17.6 Å². The molecule has 3 rings (SSSR count). The zero-order chi connectivity index (χ0) is 19.4. The van der Waals surface area contributed by atoms with Crippen LogP contribution in [0.25, 0.3) is 0 Å². The molecule has 8 heteroatoms. The van der Waals surface area contributed by atoms with Gasteiger partial charge in [-0.2, -0.15) is 0 Å². The molecule has 0 spiro atoms. The van der Waals surface area contributed by atoms with Gasteiger partial charge >= 0.3 is 6.03 Å². The van der Waals surface area contributed by atoms with Crippen LogP contribution in [-0.2, 0) is 0 Å². The predicted octanol–water partition coefficient (Wildman–Crippen LogP) is 1.74. The second kappa shape index (κ2) is 8.05. The molecular formula is C19H25N7O. The number of rotatable bonds is 5. The van der Waals surface area contributed by atoms with Crippen molar-refractivity contribution < 1.29 is 4.79 Å². The van der Waals surface area contributed by atoms with Crippen LogP contribution in [0.5, 0.6) is 0 Å². The number of aliphatic imine (C=N–C) groups is 1. The van der Waals surface area contributed by atoms with E-state index >= 15 is 0 Å². The van der Waals surface area contributed by atoms with E-state index in [0.29, 0.717) is 22.9 Å². The first-order valence-corrected chi connectivity index (χ1v) is 8.89. The highest BCUT2D eigenvalue weighted by molar-refractivity contribution is 6.02. The van der Waals surface area contributed by atoms with Crippen LogP contribution in [-0.4, -0.2) is 28.9 Å². The molecular weight excluding hydrogens is 342 g/mol. The largest absolute Gasteiger partial charge is 0.398 e. The highest BCUT2D eigenvalue weighted by Crippen LogP contribution is 2.23. The van der Waals surface area contributed by atoms with Crippen molar-refractivity contribution in [1.82, 2.24) is 10.3 Å². The van der Waals surface area contributed by atoms with Crippen LogP contribution in [0.1, 0.15) is 36.9 Å². The number of benzene rings is 1. The third-order valence-electron chi connectivity index (χ3n) is 4.57. The molecule has 1 aliphatic carbocycles. The number of amides is 2. The normalized spacial score (nSPS) is 20.4. The van der Waals surface area contributed by atoms with Crippen molar-refractivity contribution >= 4 is 23.4 Å². The monoisotopic (exact) mass is 367 g/mol. The number of carbonyl (C=O) groups is 1. The molecule has 8 nitrogen and oxygen atoms in total. The second-order valence-electron chi connectivity index (χ2n) is 6.79. The van der Waals surface area contributed by atoms with Crippen molar-refractivity contribution in [2.45, 2.75) is 37.9 Å². The fourth-order valence-corrected chi connectivity index (χ4v) is 2.93. The number of anilines is 2. The Bertz CT molecular complexity index is 831. The molecule has 1 heterocycles. The van der Waals surface area contributed by atoms with Crippen LogP contribution in [0.2, 0.25) is 0 Å². The molecule has 1 aromatic carbocycles. The fraction of sp³-hybridized carbons (Fsp3) is 0.316. The Kier molecular flexibility index (Phi) is 5.56.